The van der Waals surface area contributed by atoms with Crippen LogP contribution < -0.4 is 19.7 Å². The summed E-state index contributed by atoms with van der Waals surface area (Å²) in [5, 5.41) is 12.7. The Labute approximate surface area is 162 Å². The van der Waals surface area contributed by atoms with Gasteiger partial charge in [-0.3, -0.25) is 0 Å². The van der Waals surface area contributed by atoms with E-state index in [0.29, 0.717) is 29.9 Å². The van der Waals surface area contributed by atoms with Gasteiger partial charge in [0.1, 0.15) is 12.4 Å². The first-order valence-corrected chi connectivity index (χ1v) is 8.88. The van der Waals surface area contributed by atoms with E-state index in [1.165, 1.54) is 0 Å². The Kier molecular flexibility index (Phi) is 4.74. The van der Waals surface area contributed by atoms with E-state index in [0.717, 1.165) is 17.1 Å². The Hall–Kier alpha value is -3.33. The predicted molar refractivity (Wildman–Crippen MR) is 105 cm³/mol. The van der Waals surface area contributed by atoms with Crippen molar-refractivity contribution in [3.63, 3.8) is 0 Å². The number of nitrogens with one attached hydrogen (secondary N) is 1. The Morgan fingerprint density at radius 3 is 2.93 bits per heavy atom. The van der Waals surface area contributed by atoms with Gasteiger partial charge < -0.3 is 29.4 Å². The van der Waals surface area contributed by atoms with Crippen LogP contribution in [-0.4, -0.2) is 58.0 Å². The lowest BCUT2D eigenvalue weighted by atomic mass is 10.2. The van der Waals surface area contributed by atoms with Crippen molar-refractivity contribution in [3.8, 4) is 17.2 Å². The van der Waals surface area contributed by atoms with E-state index in [-0.39, 0.29) is 12.6 Å². The minimum atomic E-state index is -0.131. The van der Waals surface area contributed by atoms with Gasteiger partial charge in [0.15, 0.2) is 11.6 Å². The highest BCUT2D eigenvalue weighted by Crippen LogP contribution is 2.32. The molecule has 0 amide bonds. The van der Waals surface area contributed by atoms with Crippen LogP contribution in [0.1, 0.15) is 5.69 Å². The van der Waals surface area contributed by atoms with Crippen molar-refractivity contribution in [2.24, 2.45) is 0 Å². The zero-order valence-corrected chi connectivity index (χ0v) is 16.0. The lowest BCUT2D eigenvalue weighted by Crippen LogP contribution is -2.43. The molecule has 0 unspecified atom stereocenters. The number of nitrogens with zero attached hydrogens (tertiary/aromatic N) is 5. The average Bonchev–Trinajstić information content (AvgIpc) is 3.14. The summed E-state index contributed by atoms with van der Waals surface area (Å²) >= 11 is 0. The van der Waals surface area contributed by atoms with Crippen LogP contribution in [-0.2, 0) is 0 Å². The first kappa shape index (κ1) is 18.1. The summed E-state index contributed by atoms with van der Waals surface area (Å²) < 4.78 is 13.1. The number of benzene rings is 1. The number of rotatable bonds is 5. The highest BCUT2D eigenvalue weighted by molar-refractivity contribution is 5.64. The van der Waals surface area contributed by atoms with Gasteiger partial charge in [-0.1, -0.05) is 0 Å². The number of likely N-dealkylation sites (N-methyl/N-ethyl adjacent to an activating group) is 1. The fraction of sp³-hybridized carbons (Fsp3) is 0.316. The number of imidazole rings is 1. The van der Waals surface area contributed by atoms with E-state index in [1.54, 1.807) is 19.6 Å². The van der Waals surface area contributed by atoms with Gasteiger partial charge in [-0.2, -0.15) is 4.98 Å². The van der Waals surface area contributed by atoms with Crippen LogP contribution in [0.4, 0.5) is 17.5 Å². The van der Waals surface area contributed by atoms with Crippen LogP contribution in [0.25, 0.3) is 5.69 Å². The highest BCUT2D eigenvalue weighted by atomic mass is 16.5. The Morgan fingerprint density at radius 2 is 2.21 bits per heavy atom. The largest absolute Gasteiger partial charge is 0.494 e. The standard InChI is InChI=1S/C19H22N6O3/c1-12-8-25(11-21-12)15-5-4-13(6-16(15)27-3)22-19-20-7-17-18(23-19)24(2)14(9-26)10-28-17/h4-8,11,14,26H,9-10H2,1-3H3,(H,20,22,23)/t14-/m0/s1. The molecule has 0 spiro atoms. The number of aromatic nitrogens is 4. The number of hydrogen-bond acceptors (Lipinski definition) is 8. The molecule has 3 heterocycles. The number of aliphatic hydroxyl groups excluding tert-OH is 1. The third kappa shape index (κ3) is 3.31. The molecule has 2 N–H and O–H groups in total. The van der Waals surface area contributed by atoms with E-state index in [2.05, 4.69) is 20.3 Å². The van der Waals surface area contributed by atoms with Crippen molar-refractivity contribution < 1.29 is 14.6 Å². The first-order chi connectivity index (χ1) is 13.6. The molecule has 1 aromatic carbocycles. The number of ether oxygens (including phenoxy) is 2. The summed E-state index contributed by atoms with van der Waals surface area (Å²) in [6, 6.07) is 5.61. The molecule has 0 saturated carbocycles. The molecule has 0 aliphatic carbocycles. The first-order valence-electron chi connectivity index (χ1n) is 8.88. The third-order valence-electron chi connectivity index (χ3n) is 4.69. The molecule has 1 aliphatic heterocycles. The number of methoxy groups -OCH3 is 1. The summed E-state index contributed by atoms with van der Waals surface area (Å²) in [6.07, 6.45) is 5.32. The molecule has 28 heavy (non-hydrogen) atoms. The maximum atomic E-state index is 9.47. The fourth-order valence-electron chi connectivity index (χ4n) is 3.07. The van der Waals surface area contributed by atoms with Crippen LogP contribution in [0.15, 0.2) is 36.9 Å². The summed E-state index contributed by atoms with van der Waals surface area (Å²) in [5.74, 6) is 2.36. The van der Waals surface area contributed by atoms with E-state index < -0.39 is 0 Å². The minimum Gasteiger partial charge on any atom is -0.494 e. The molecular weight excluding hydrogens is 360 g/mol. The predicted octanol–water partition coefficient (Wildman–Crippen LogP) is 1.91. The van der Waals surface area contributed by atoms with Crippen molar-refractivity contribution in [3.05, 3.63) is 42.6 Å². The highest BCUT2D eigenvalue weighted by Gasteiger charge is 2.26. The molecule has 0 saturated heterocycles. The van der Waals surface area contributed by atoms with Crippen LogP contribution in [0.3, 0.4) is 0 Å². The number of aliphatic hydroxyl groups is 1. The second kappa shape index (κ2) is 7.35. The molecule has 4 rings (SSSR count). The lowest BCUT2D eigenvalue weighted by molar-refractivity contribution is 0.189. The monoisotopic (exact) mass is 382 g/mol. The van der Waals surface area contributed by atoms with Crippen LogP contribution in [0.5, 0.6) is 11.5 Å². The van der Waals surface area contributed by atoms with Crippen LogP contribution in [0.2, 0.25) is 0 Å². The summed E-state index contributed by atoms with van der Waals surface area (Å²) in [4.78, 5) is 15.0. The molecule has 0 bridgehead atoms. The van der Waals surface area contributed by atoms with Gasteiger partial charge in [0.2, 0.25) is 5.95 Å². The Morgan fingerprint density at radius 1 is 1.36 bits per heavy atom. The van der Waals surface area contributed by atoms with Crippen molar-refractivity contribution in [2.75, 3.05) is 37.6 Å². The van der Waals surface area contributed by atoms with Crippen molar-refractivity contribution in [2.45, 2.75) is 13.0 Å². The van der Waals surface area contributed by atoms with E-state index in [9.17, 15) is 5.11 Å². The quantitative estimate of drug-likeness (QED) is 0.691. The van der Waals surface area contributed by atoms with Gasteiger partial charge in [-0.15, -0.1) is 0 Å². The molecule has 9 nitrogen and oxygen atoms in total. The zero-order valence-electron chi connectivity index (χ0n) is 16.0. The second-order valence-corrected chi connectivity index (χ2v) is 6.57. The Bertz CT molecular complexity index is 990. The number of aryl methyl sites for hydroxylation is 1. The molecule has 0 radical (unpaired) electrons. The third-order valence-corrected chi connectivity index (χ3v) is 4.69. The number of hydrogen-bond donors (Lipinski definition) is 2. The van der Waals surface area contributed by atoms with Gasteiger partial charge in [-0.05, 0) is 19.1 Å². The topological polar surface area (TPSA) is 97.6 Å². The molecule has 2 aromatic heterocycles. The van der Waals surface area contributed by atoms with Crippen molar-refractivity contribution in [1.29, 1.82) is 0 Å². The molecule has 3 aromatic rings. The summed E-state index contributed by atoms with van der Waals surface area (Å²) in [7, 11) is 3.51. The lowest BCUT2D eigenvalue weighted by Gasteiger charge is -2.33. The molecule has 1 atom stereocenters. The maximum Gasteiger partial charge on any atom is 0.229 e. The van der Waals surface area contributed by atoms with Crippen molar-refractivity contribution >= 4 is 17.5 Å². The van der Waals surface area contributed by atoms with Gasteiger partial charge in [0.05, 0.1) is 43.7 Å². The molecular formula is C19H22N6O3. The maximum absolute atomic E-state index is 9.47. The number of anilines is 3. The fourth-order valence-corrected chi connectivity index (χ4v) is 3.07. The number of fused-ring (bicyclic) bond motifs is 1. The average molecular weight is 382 g/mol. The zero-order chi connectivity index (χ0) is 19.7. The summed E-state index contributed by atoms with van der Waals surface area (Å²) in [6.45, 7) is 2.34. The second-order valence-electron chi connectivity index (χ2n) is 6.57. The van der Waals surface area contributed by atoms with E-state index in [1.807, 2.05) is 47.8 Å². The van der Waals surface area contributed by atoms with Gasteiger partial charge in [0, 0.05) is 25.0 Å². The normalized spacial score (nSPS) is 15.7. The van der Waals surface area contributed by atoms with Gasteiger partial charge >= 0.3 is 0 Å². The van der Waals surface area contributed by atoms with E-state index in [4.69, 9.17) is 9.47 Å². The Balaban J connectivity index is 1.60. The molecule has 9 heteroatoms. The van der Waals surface area contributed by atoms with E-state index >= 15 is 0 Å². The smallest absolute Gasteiger partial charge is 0.229 e. The molecule has 146 valence electrons. The SMILES string of the molecule is COc1cc(Nc2ncc3c(n2)N(C)[C@@H](CO)CO3)ccc1-n1cnc(C)c1. The van der Waals surface area contributed by atoms with Crippen LogP contribution >= 0.6 is 0 Å². The minimum absolute atomic E-state index is 0.00487. The van der Waals surface area contributed by atoms with Crippen molar-refractivity contribution in [1.82, 2.24) is 19.5 Å². The summed E-state index contributed by atoms with van der Waals surface area (Å²) in [5.41, 5.74) is 2.61. The van der Waals surface area contributed by atoms with Gasteiger partial charge in [-0.25, -0.2) is 9.97 Å². The van der Waals surface area contributed by atoms with Gasteiger partial charge in [0.25, 0.3) is 0 Å². The molecule has 0 fully saturated rings. The van der Waals surface area contributed by atoms with Crippen LogP contribution in [0, 0.1) is 6.92 Å². The molecule has 1 aliphatic rings.